The summed E-state index contributed by atoms with van der Waals surface area (Å²) in [6.07, 6.45) is 3.74. The van der Waals surface area contributed by atoms with Gasteiger partial charge in [0.2, 0.25) is 5.91 Å². The number of rotatable bonds is 8. The van der Waals surface area contributed by atoms with Gasteiger partial charge >= 0.3 is 0 Å². The molecule has 1 heterocycles. The zero-order chi connectivity index (χ0) is 16.7. The van der Waals surface area contributed by atoms with Crippen molar-refractivity contribution < 1.29 is 9.53 Å². The summed E-state index contributed by atoms with van der Waals surface area (Å²) < 4.78 is 6.29. The molecule has 0 spiro atoms. The van der Waals surface area contributed by atoms with Gasteiger partial charge in [-0.15, -0.1) is 0 Å². The van der Waals surface area contributed by atoms with E-state index in [4.69, 9.17) is 4.74 Å². The molecule has 1 saturated heterocycles. The summed E-state index contributed by atoms with van der Waals surface area (Å²) in [6, 6.07) is 8.56. The second-order valence-electron chi connectivity index (χ2n) is 6.20. The van der Waals surface area contributed by atoms with E-state index >= 15 is 0 Å². The molecule has 0 aliphatic carbocycles. The van der Waals surface area contributed by atoms with E-state index < -0.39 is 0 Å². The van der Waals surface area contributed by atoms with Crippen molar-refractivity contribution in [1.29, 1.82) is 0 Å². The Kier molecular flexibility index (Phi) is 7.53. The molecular weight excluding hydrogens is 356 g/mol. The van der Waals surface area contributed by atoms with Crippen molar-refractivity contribution in [2.45, 2.75) is 31.7 Å². The Morgan fingerprint density at radius 3 is 3.04 bits per heavy atom. The summed E-state index contributed by atoms with van der Waals surface area (Å²) in [5.41, 5.74) is 1.19. The maximum atomic E-state index is 13.1. The maximum absolute atomic E-state index is 13.1. The van der Waals surface area contributed by atoms with Crippen LogP contribution in [0.4, 0.5) is 0 Å². The van der Waals surface area contributed by atoms with Gasteiger partial charge in [-0.3, -0.25) is 4.79 Å². The van der Waals surface area contributed by atoms with Crippen LogP contribution in [0.25, 0.3) is 0 Å². The smallest absolute Gasteiger partial charge is 0.226 e. The largest absolute Gasteiger partial charge is 0.385 e. The number of methoxy groups -OCH3 is 1. The molecule has 1 aromatic rings. The number of amides is 1. The Bertz CT molecular complexity index is 510. The summed E-state index contributed by atoms with van der Waals surface area (Å²) in [7, 11) is 3.64. The molecular formula is C18H27BrN2O2. The van der Waals surface area contributed by atoms with Gasteiger partial charge in [0.15, 0.2) is 0 Å². The molecule has 0 aromatic heterocycles. The van der Waals surface area contributed by atoms with E-state index in [2.05, 4.69) is 38.3 Å². The van der Waals surface area contributed by atoms with Crippen LogP contribution in [0.1, 0.15) is 24.8 Å². The monoisotopic (exact) mass is 382 g/mol. The highest BCUT2D eigenvalue weighted by Gasteiger charge is 2.32. The van der Waals surface area contributed by atoms with Crippen LogP contribution in [-0.4, -0.2) is 50.7 Å². The fourth-order valence-corrected chi connectivity index (χ4v) is 3.78. The van der Waals surface area contributed by atoms with Gasteiger partial charge < -0.3 is 15.0 Å². The third kappa shape index (κ3) is 5.30. The Balaban J connectivity index is 2.08. The number of halogens is 1. The number of likely N-dealkylation sites (tertiary alicyclic amines) is 1. The standard InChI is InChI=1S/C18H27BrN2O2/c1-20-13-17-7-4-9-21(17)18(22)15(8-10-23-2)11-14-5-3-6-16(19)12-14/h3,5-6,12,15,17,20H,4,7-11,13H2,1-2H3. The van der Waals surface area contributed by atoms with Gasteiger partial charge in [0.1, 0.15) is 0 Å². The summed E-state index contributed by atoms with van der Waals surface area (Å²) in [4.78, 5) is 15.1. The Morgan fingerprint density at radius 1 is 1.52 bits per heavy atom. The number of nitrogens with zero attached hydrogens (tertiary/aromatic N) is 1. The minimum Gasteiger partial charge on any atom is -0.385 e. The molecule has 0 radical (unpaired) electrons. The van der Waals surface area contributed by atoms with Gasteiger partial charge in [-0.05, 0) is 50.4 Å². The van der Waals surface area contributed by atoms with Gasteiger partial charge in [-0.1, -0.05) is 28.1 Å². The van der Waals surface area contributed by atoms with E-state index in [1.807, 2.05) is 19.2 Å². The maximum Gasteiger partial charge on any atom is 0.226 e. The number of nitrogens with one attached hydrogen (secondary N) is 1. The van der Waals surface area contributed by atoms with Crippen molar-refractivity contribution in [3.8, 4) is 0 Å². The number of benzene rings is 1. The quantitative estimate of drug-likeness (QED) is 0.751. The number of ether oxygens (including phenoxy) is 1. The molecule has 1 aliphatic rings. The number of hydrogen-bond donors (Lipinski definition) is 1. The van der Waals surface area contributed by atoms with Crippen LogP contribution in [0.2, 0.25) is 0 Å². The lowest BCUT2D eigenvalue weighted by Gasteiger charge is -2.29. The van der Waals surface area contributed by atoms with E-state index in [1.54, 1.807) is 7.11 Å². The molecule has 1 fully saturated rings. The molecule has 0 bridgehead atoms. The van der Waals surface area contributed by atoms with Gasteiger partial charge in [0.05, 0.1) is 0 Å². The lowest BCUT2D eigenvalue weighted by molar-refractivity contribution is -0.136. The van der Waals surface area contributed by atoms with Crippen molar-refractivity contribution >= 4 is 21.8 Å². The van der Waals surface area contributed by atoms with Gasteiger partial charge in [-0.25, -0.2) is 0 Å². The highest BCUT2D eigenvalue weighted by atomic mass is 79.9. The molecule has 2 unspecified atom stereocenters. The van der Waals surface area contributed by atoms with Crippen LogP contribution in [0, 0.1) is 5.92 Å². The van der Waals surface area contributed by atoms with E-state index in [0.29, 0.717) is 12.6 Å². The van der Waals surface area contributed by atoms with Crippen molar-refractivity contribution in [3.05, 3.63) is 34.3 Å². The molecule has 5 heteroatoms. The van der Waals surface area contributed by atoms with Crippen LogP contribution in [0.15, 0.2) is 28.7 Å². The molecule has 128 valence electrons. The van der Waals surface area contributed by atoms with Crippen LogP contribution in [-0.2, 0) is 16.0 Å². The fourth-order valence-electron chi connectivity index (χ4n) is 3.33. The van der Waals surface area contributed by atoms with Crippen molar-refractivity contribution in [3.63, 3.8) is 0 Å². The molecule has 1 aliphatic heterocycles. The van der Waals surface area contributed by atoms with Crippen molar-refractivity contribution in [2.75, 3.05) is 33.9 Å². The summed E-state index contributed by atoms with van der Waals surface area (Å²) in [6.45, 7) is 2.38. The molecule has 2 rings (SSSR count). The first-order valence-electron chi connectivity index (χ1n) is 8.34. The van der Waals surface area contributed by atoms with E-state index in [-0.39, 0.29) is 11.8 Å². The lowest BCUT2D eigenvalue weighted by Crippen LogP contribution is -2.44. The highest BCUT2D eigenvalue weighted by molar-refractivity contribution is 9.10. The van der Waals surface area contributed by atoms with Crippen molar-refractivity contribution in [2.24, 2.45) is 5.92 Å². The summed E-state index contributed by atoms with van der Waals surface area (Å²) in [5, 5.41) is 3.21. The SMILES string of the molecule is CNCC1CCCN1C(=O)C(CCOC)Cc1cccc(Br)c1. The number of carbonyl (C=O) groups is 1. The van der Waals surface area contributed by atoms with Gasteiger partial charge in [0, 0.05) is 43.2 Å². The van der Waals surface area contributed by atoms with Gasteiger partial charge in [0.25, 0.3) is 0 Å². The third-order valence-corrected chi connectivity index (χ3v) is 4.98. The zero-order valence-electron chi connectivity index (χ0n) is 14.1. The Morgan fingerprint density at radius 2 is 2.35 bits per heavy atom. The predicted octanol–water partition coefficient (Wildman–Crippen LogP) is 2.85. The zero-order valence-corrected chi connectivity index (χ0v) is 15.6. The molecule has 4 nitrogen and oxygen atoms in total. The minimum atomic E-state index is -0.0123. The van der Waals surface area contributed by atoms with Crippen LogP contribution < -0.4 is 5.32 Å². The molecule has 23 heavy (non-hydrogen) atoms. The summed E-state index contributed by atoms with van der Waals surface area (Å²) >= 11 is 3.51. The molecule has 1 aromatic carbocycles. The second kappa shape index (κ2) is 9.40. The lowest BCUT2D eigenvalue weighted by atomic mass is 9.94. The average molecular weight is 383 g/mol. The van der Waals surface area contributed by atoms with Crippen molar-refractivity contribution in [1.82, 2.24) is 10.2 Å². The van der Waals surface area contributed by atoms with Gasteiger partial charge in [-0.2, -0.15) is 0 Å². The Labute approximate surface area is 147 Å². The normalized spacial score (nSPS) is 19.1. The van der Waals surface area contributed by atoms with E-state index in [9.17, 15) is 4.79 Å². The van der Waals surface area contributed by atoms with Crippen LogP contribution >= 0.6 is 15.9 Å². The molecule has 2 atom stereocenters. The molecule has 0 saturated carbocycles. The highest BCUT2D eigenvalue weighted by Crippen LogP contribution is 2.24. The second-order valence-corrected chi connectivity index (χ2v) is 7.11. The van der Waals surface area contributed by atoms with E-state index in [0.717, 1.165) is 43.2 Å². The Hall–Kier alpha value is -0.910. The topological polar surface area (TPSA) is 41.6 Å². The molecule has 1 amide bonds. The first-order chi connectivity index (χ1) is 11.2. The number of likely N-dealkylation sites (N-methyl/N-ethyl adjacent to an activating group) is 1. The minimum absolute atomic E-state index is 0.0123. The number of carbonyl (C=O) groups excluding carboxylic acids is 1. The number of hydrogen-bond acceptors (Lipinski definition) is 3. The van der Waals surface area contributed by atoms with Crippen LogP contribution in [0.5, 0.6) is 0 Å². The van der Waals surface area contributed by atoms with Crippen LogP contribution in [0.3, 0.4) is 0 Å². The predicted molar refractivity (Wildman–Crippen MR) is 96.5 cm³/mol. The van der Waals surface area contributed by atoms with E-state index in [1.165, 1.54) is 5.56 Å². The first kappa shape index (κ1) is 18.4. The molecule has 1 N–H and O–H groups in total. The fraction of sp³-hybridized carbons (Fsp3) is 0.611. The summed E-state index contributed by atoms with van der Waals surface area (Å²) in [5.74, 6) is 0.265. The third-order valence-electron chi connectivity index (χ3n) is 4.49. The first-order valence-corrected chi connectivity index (χ1v) is 9.13. The average Bonchev–Trinajstić information content (AvgIpc) is 2.99.